The maximum Gasteiger partial charge on any atom is 0.243 e. The minimum absolute atomic E-state index is 0.0224. The van der Waals surface area contributed by atoms with Crippen molar-refractivity contribution in [2.24, 2.45) is 0 Å². The molecule has 2 aromatic carbocycles. The van der Waals surface area contributed by atoms with Crippen molar-refractivity contribution in [3.63, 3.8) is 0 Å². The number of aryl methyl sites for hydroxylation is 1. The Hall–Kier alpha value is -2.43. The van der Waals surface area contributed by atoms with E-state index in [2.05, 4.69) is 5.32 Å². The van der Waals surface area contributed by atoms with Gasteiger partial charge in [-0.2, -0.15) is 4.31 Å². The third kappa shape index (κ3) is 4.95. The topological polar surface area (TPSA) is 69.7 Å². The molecule has 0 atom stereocenters. The summed E-state index contributed by atoms with van der Waals surface area (Å²) in [7, 11) is -3.95. The third-order valence-corrected chi connectivity index (χ3v) is 6.58. The summed E-state index contributed by atoms with van der Waals surface area (Å²) >= 11 is 0. The molecule has 2 aromatic rings. The highest BCUT2D eigenvalue weighted by molar-refractivity contribution is 7.89. The number of carbonyl (C=O) groups is 1. The van der Waals surface area contributed by atoms with E-state index in [1.807, 2.05) is 0 Å². The number of amides is 1. The Kier molecular flexibility index (Phi) is 6.25. The van der Waals surface area contributed by atoms with E-state index in [9.17, 15) is 26.4 Å². The number of benzene rings is 2. The number of nitrogens with zero attached hydrogens (tertiary/aromatic N) is 2. The summed E-state index contributed by atoms with van der Waals surface area (Å²) in [6.07, 6.45) is 0. The maximum absolute atomic E-state index is 13.6. The van der Waals surface area contributed by atoms with E-state index in [1.54, 1.807) is 24.0 Å². The van der Waals surface area contributed by atoms with Crippen LogP contribution in [-0.4, -0.2) is 56.3 Å². The Labute approximate surface area is 167 Å². The van der Waals surface area contributed by atoms with E-state index in [4.69, 9.17) is 0 Å². The highest BCUT2D eigenvalue weighted by Gasteiger charge is 2.29. The summed E-state index contributed by atoms with van der Waals surface area (Å²) in [5.74, 6) is -3.11. The zero-order valence-corrected chi connectivity index (χ0v) is 16.5. The van der Waals surface area contributed by atoms with Crippen LogP contribution in [0.3, 0.4) is 0 Å². The fourth-order valence-electron chi connectivity index (χ4n) is 2.99. The zero-order valence-electron chi connectivity index (χ0n) is 15.7. The predicted molar refractivity (Wildman–Crippen MR) is 101 cm³/mol. The number of sulfonamides is 1. The van der Waals surface area contributed by atoms with Gasteiger partial charge in [-0.1, -0.05) is 6.07 Å². The first-order valence-electron chi connectivity index (χ1n) is 8.90. The number of rotatable bonds is 5. The summed E-state index contributed by atoms with van der Waals surface area (Å²) in [6.45, 7) is 2.43. The highest BCUT2D eigenvalue weighted by atomic mass is 32.2. The molecule has 29 heavy (non-hydrogen) atoms. The van der Waals surface area contributed by atoms with Crippen LogP contribution in [0.25, 0.3) is 0 Å². The van der Waals surface area contributed by atoms with Crippen molar-refractivity contribution in [2.75, 3.05) is 38.0 Å². The summed E-state index contributed by atoms with van der Waals surface area (Å²) < 4.78 is 66.3. The fraction of sp³-hybridized carbons (Fsp3) is 0.316. The molecule has 1 amide bonds. The van der Waals surface area contributed by atoms with Gasteiger partial charge in [-0.15, -0.1) is 0 Å². The molecule has 0 aromatic heterocycles. The molecule has 0 spiro atoms. The van der Waals surface area contributed by atoms with Crippen LogP contribution < -0.4 is 5.32 Å². The number of piperazine rings is 1. The molecular formula is C19H20F3N3O3S. The number of nitrogens with one attached hydrogen (secondary N) is 1. The van der Waals surface area contributed by atoms with Gasteiger partial charge in [0.1, 0.15) is 5.82 Å². The molecule has 1 fully saturated rings. The van der Waals surface area contributed by atoms with Crippen molar-refractivity contribution >= 4 is 21.6 Å². The first-order chi connectivity index (χ1) is 13.7. The van der Waals surface area contributed by atoms with Crippen LogP contribution >= 0.6 is 0 Å². The van der Waals surface area contributed by atoms with E-state index in [0.717, 1.165) is 12.1 Å². The van der Waals surface area contributed by atoms with Crippen LogP contribution in [-0.2, 0) is 14.8 Å². The average molecular weight is 427 g/mol. The molecular weight excluding hydrogens is 407 g/mol. The molecule has 1 N–H and O–H groups in total. The van der Waals surface area contributed by atoms with Crippen LogP contribution in [0.1, 0.15) is 5.56 Å². The standard InChI is InChI=1S/C19H20F3N3O3S/c1-13-2-3-14(10-17(13)21)23-19(26)12-24-6-8-25(9-7-24)29(27,28)15-4-5-16(20)18(22)11-15/h2-5,10-11H,6-9,12H2,1H3,(H,23,26). The Morgan fingerprint density at radius 2 is 1.66 bits per heavy atom. The van der Waals surface area contributed by atoms with Crippen LogP contribution in [0.2, 0.25) is 0 Å². The van der Waals surface area contributed by atoms with Gasteiger partial charge in [0.15, 0.2) is 11.6 Å². The molecule has 6 nitrogen and oxygen atoms in total. The van der Waals surface area contributed by atoms with Gasteiger partial charge >= 0.3 is 0 Å². The Balaban J connectivity index is 1.56. The SMILES string of the molecule is Cc1ccc(NC(=O)CN2CCN(S(=O)(=O)c3ccc(F)c(F)c3)CC2)cc1F. The van der Waals surface area contributed by atoms with Crippen LogP contribution in [0.15, 0.2) is 41.3 Å². The van der Waals surface area contributed by atoms with Gasteiger partial charge in [0.25, 0.3) is 0 Å². The largest absolute Gasteiger partial charge is 0.325 e. The minimum atomic E-state index is -3.95. The molecule has 0 aliphatic carbocycles. The monoisotopic (exact) mass is 427 g/mol. The summed E-state index contributed by atoms with van der Waals surface area (Å²) in [4.78, 5) is 13.6. The third-order valence-electron chi connectivity index (χ3n) is 4.68. The summed E-state index contributed by atoms with van der Waals surface area (Å²) in [5, 5.41) is 2.61. The Bertz CT molecular complexity index is 1020. The molecule has 10 heteroatoms. The lowest BCUT2D eigenvalue weighted by molar-refractivity contribution is -0.117. The normalized spacial score (nSPS) is 16.0. The van der Waals surface area contributed by atoms with Gasteiger partial charge in [0, 0.05) is 31.9 Å². The second-order valence-corrected chi connectivity index (χ2v) is 8.71. The van der Waals surface area contributed by atoms with Gasteiger partial charge in [-0.05, 0) is 42.8 Å². The first-order valence-corrected chi connectivity index (χ1v) is 10.3. The molecule has 3 rings (SSSR count). The Morgan fingerprint density at radius 1 is 0.966 bits per heavy atom. The molecule has 1 aliphatic heterocycles. The molecule has 0 unspecified atom stereocenters. The first kappa shape index (κ1) is 21.3. The van der Waals surface area contributed by atoms with Gasteiger partial charge in [-0.25, -0.2) is 21.6 Å². The average Bonchev–Trinajstić information content (AvgIpc) is 2.67. The van der Waals surface area contributed by atoms with Gasteiger partial charge < -0.3 is 5.32 Å². The highest BCUT2D eigenvalue weighted by Crippen LogP contribution is 2.20. The second kappa shape index (κ2) is 8.52. The molecule has 0 bridgehead atoms. The molecule has 156 valence electrons. The van der Waals surface area contributed by atoms with Gasteiger partial charge in [0.2, 0.25) is 15.9 Å². The number of hydrogen-bond donors (Lipinski definition) is 1. The van der Waals surface area contributed by atoms with Gasteiger partial charge in [0.05, 0.1) is 11.4 Å². The zero-order chi connectivity index (χ0) is 21.2. The van der Waals surface area contributed by atoms with Crippen molar-refractivity contribution in [1.82, 2.24) is 9.21 Å². The van der Waals surface area contributed by atoms with Crippen molar-refractivity contribution in [3.05, 3.63) is 59.4 Å². The molecule has 1 heterocycles. The molecule has 1 saturated heterocycles. The van der Waals surface area contributed by atoms with Crippen molar-refractivity contribution in [3.8, 4) is 0 Å². The smallest absolute Gasteiger partial charge is 0.243 e. The lowest BCUT2D eigenvalue weighted by Gasteiger charge is -2.33. The van der Waals surface area contributed by atoms with E-state index in [0.29, 0.717) is 30.4 Å². The maximum atomic E-state index is 13.6. The Morgan fingerprint density at radius 3 is 2.28 bits per heavy atom. The van der Waals surface area contributed by atoms with Crippen LogP contribution in [0.4, 0.5) is 18.9 Å². The van der Waals surface area contributed by atoms with Crippen LogP contribution in [0.5, 0.6) is 0 Å². The van der Waals surface area contributed by atoms with Crippen molar-refractivity contribution < 1.29 is 26.4 Å². The minimum Gasteiger partial charge on any atom is -0.325 e. The summed E-state index contributed by atoms with van der Waals surface area (Å²) in [6, 6.07) is 6.85. The van der Waals surface area contributed by atoms with E-state index >= 15 is 0 Å². The lowest BCUT2D eigenvalue weighted by Crippen LogP contribution is -2.50. The van der Waals surface area contributed by atoms with E-state index < -0.39 is 27.5 Å². The van der Waals surface area contributed by atoms with E-state index in [-0.39, 0.29) is 30.4 Å². The second-order valence-electron chi connectivity index (χ2n) is 6.77. The van der Waals surface area contributed by atoms with Crippen molar-refractivity contribution in [2.45, 2.75) is 11.8 Å². The number of halogens is 3. The quantitative estimate of drug-likeness (QED) is 0.796. The number of carbonyl (C=O) groups excluding carboxylic acids is 1. The van der Waals surface area contributed by atoms with Crippen LogP contribution in [0, 0.1) is 24.4 Å². The van der Waals surface area contributed by atoms with Crippen molar-refractivity contribution in [1.29, 1.82) is 0 Å². The fourth-order valence-corrected chi connectivity index (χ4v) is 4.42. The number of anilines is 1. The molecule has 1 aliphatic rings. The lowest BCUT2D eigenvalue weighted by atomic mass is 10.2. The molecule has 0 saturated carbocycles. The van der Waals surface area contributed by atoms with Gasteiger partial charge in [-0.3, -0.25) is 9.69 Å². The number of hydrogen-bond acceptors (Lipinski definition) is 4. The van der Waals surface area contributed by atoms with E-state index in [1.165, 1.54) is 10.4 Å². The summed E-state index contributed by atoms with van der Waals surface area (Å²) in [5.41, 5.74) is 0.819. The molecule has 0 radical (unpaired) electrons. The predicted octanol–water partition coefficient (Wildman–Crippen LogP) is 2.36.